The minimum atomic E-state index is -1.09. The molecule has 0 spiro atoms. The summed E-state index contributed by atoms with van der Waals surface area (Å²) in [5.41, 5.74) is 4.36. The molecule has 1 fully saturated rings. The second-order valence-electron chi connectivity index (χ2n) is 7.20. The van der Waals surface area contributed by atoms with Crippen LogP contribution in [0.2, 0.25) is 0 Å². The molecule has 4 atom stereocenters. The number of nitrogens with one attached hydrogen (secondary N) is 1. The summed E-state index contributed by atoms with van der Waals surface area (Å²) in [6.07, 6.45) is 0.710. The lowest BCUT2D eigenvalue weighted by atomic mass is 9.67. The van der Waals surface area contributed by atoms with Crippen LogP contribution in [0.4, 0.5) is 0 Å². The highest BCUT2D eigenvalue weighted by Gasteiger charge is 2.69. The van der Waals surface area contributed by atoms with Crippen LogP contribution >= 0.6 is 0 Å². The second kappa shape index (κ2) is 6.98. The van der Waals surface area contributed by atoms with Gasteiger partial charge in [0.2, 0.25) is 0 Å². The molecule has 0 radical (unpaired) electrons. The summed E-state index contributed by atoms with van der Waals surface area (Å²) in [5.74, 6) is -2.52. The Morgan fingerprint density at radius 2 is 1.86 bits per heavy atom. The third kappa shape index (κ3) is 2.56. The van der Waals surface area contributed by atoms with Crippen molar-refractivity contribution in [1.82, 2.24) is 5.43 Å². The molecule has 1 heterocycles. The summed E-state index contributed by atoms with van der Waals surface area (Å²) < 4.78 is 14.6. The molecule has 0 amide bonds. The van der Waals surface area contributed by atoms with Crippen molar-refractivity contribution in [3.63, 3.8) is 0 Å². The Kier molecular flexibility index (Phi) is 4.60. The van der Waals surface area contributed by atoms with Crippen molar-refractivity contribution in [2.24, 2.45) is 16.0 Å². The number of hydrogen-bond acceptors (Lipinski definition) is 9. The zero-order valence-corrected chi connectivity index (χ0v) is 16.3. The molecule has 9 nitrogen and oxygen atoms in total. The number of benzene rings is 1. The Morgan fingerprint density at radius 3 is 2.52 bits per heavy atom. The molecule has 4 rings (SSSR count). The zero-order chi connectivity index (χ0) is 20.8. The molecule has 1 saturated carbocycles. The van der Waals surface area contributed by atoms with Crippen LogP contribution in [-0.2, 0) is 28.6 Å². The normalized spacial score (nSPS) is 28.7. The van der Waals surface area contributed by atoms with Gasteiger partial charge < -0.3 is 14.2 Å². The summed E-state index contributed by atoms with van der Waals surface area (Å²) in [6, 6.07) is 7.92. The number of ether oxygens (including phenoxy) is 3. The lowest BCUT2D eigenvalue weighted by Crippen LogP contribution is -2.59. The first kappa shape index (κ1) is 19.1. The Labute approximate surface area is 167 Å². The largest absolute Gasteiger partial charge is 0.468 e. The van der Waals surface area contributed by atoms with E-state index < -0.39 is 29.4 Å². The molecule has 0 unspecified atom stereocenters. The SMILES string of the molecule is COC(=O)CN=C(C(=O)OC)[C@@]12NN=C(C(=O)OC)[C@H]1[C@@H]1C[C@H]2c2ccccc21. The van der Waals surface area contributed by atoms with Gasteiger partial charge in [0.1, 0.15) is 17.8 Å². The molecule has 3 aliphatic rings. The number of hydrogen-bond donors (Lipinski definition) is 1. The van der Waals surface area contributed by atoms with Crippen molar-refractivity contribution in [1.29, 1.82) is 0 Å². The van der Waals surface area contributed by atoms with Gasteiger partial charge in [0.05, 0.1) is 21.3 Å². The molecular weight excluding hydrogens is 378 g/mol. The van der Waals surface area contributed by atoms with Gasteiger partial charge in [-0.05, 0) is 23.5 Å². The number of nitrogens with zero attached hydrogens (tertiary/aromatic N) is 2. The highest BCUT2D eigenvalue weighted by atomic mass is 16.5. The third-order valence-corrected chi connectivity index (χ3v) is 6.12. The van der Waals surface area contributed by atoms with Gasteiger partial charge in [0.25, 0.3) is 0 Å². The van der Waals surface area contributed by atoms with E-state index in [9.17, 15) is 14.4 Å². The van der Waals surface area contributed by atoms with Gasteiger partial charge in [0.15, 0.2) is 5.71 Å². The van der Waals surface area contributed by atoms with Crippen LogP contribution in [0, 0.1) is 5.92 Å². The Balaban J connectivity index is 1.88. The second-order valence-corrected chi connectivity index (χ2v) is 7.20. The van der Waals surface area contributed by atoms with E-state index in [1.54, 1.807) is 0 Å². The smallest absolute Gasteiger partial charge is 0.354 e. The van der Waals surface area contributed by atoms with E-state index in [1.807, 2.05) is 24.3 Å². The number of rotatable bonds is 5. The van der Waals surface area contributed by atoms with Gasteiger partial charge in [-0.3, -0.25) is 15.2 Å². The first-order valence-electron chi connectivity index (χ1n) is 9.21. The minimum absolute atomic E-state index is 0.0278. The van der Waals surface area contributed by atoms with E-state index in [2.05, 4.69) is 20.3 Å². The van der Waals surface area contributed by atoms with Gasteiger partial charge in [0, 0.05) is 11.8 Å². The predicted octanol–water partition coefficient (Wildman–Crippen LogP) is 0.545. The average Bonchev–Trinajstić information content (AvgIpc) is 3.41. The highest BCUT2D eigenvalue weighted by Crippen LogP contribution is 2.63. The maximum Gasteiger partial charge on any atom is 0.354 e. The number of carbonyl (C=O) groups excluding carboxylic acids is 3. The highest BCUT2D eigenvalue weighted by molar-refractivity contribution is 6.45. The van der Waals surface area contributed by atoms with E-state index >= 15 is 0 Å². The number of aliphatic imine (C=N–C) groups is 1. The van der Waals surface area contributed by atoms with E-state index in [-0.39, 0.29) is 29.8 Å². The third-order valence-electron chi connectivity index (χ3n) is 6.12. The topological polar surface area (TPSA) is 116 Å². The van der Waals surface area contributed by atoms with Crippen LogP contribution in [0.5, 0.6) is 0 Å². The Morgan fingerprint density at radius 1 is 1.14 bits per heavy atom. The van der Waals surface area contributed by atoms with Gasteiger partial charge >= 0.3 is 17.9 Å². The lowest BCUT2D eigenvalue weighted by Gasteiger charge is -2.39. The molecule has 152 valence electrons. The molecule has 9 heteroatoms. The van der Waals surface area contributed by atoms with Crippen LogP contribution in [0.1, 0.15) is 29.4 Å². The number of carbonyl (C=O) groups is 3. The van der Waals surface area contributed by atoms with Gasteiger partial charge in [-0.25, -0.2) is 9.59 Å². The molecule has 0 aromatic heterocycles. The molecule has 2 aliphatic carbocycles. The first-order chi connectivity index (χ1) is 14.0. The number of hydrazone groups is 1. The molecule has 1 aromatic rings. The van der Waals surface area contributed by atoms with E-state index in [0.29, 0.717) is 6.42 Å². The summed E-state index contributed by atoms with van der Waals surface area (Å²) in [7, 11) is 3.79. The molecule has 1 aromatic carbocycles. The quantitative estimate of drug-likeness (QED) is 0.437. The van der Waals surface area contributed by atoms with Crippen molar-refractivity contribution in [2.45, 2.75) is 23.8 Å². The van der Waals surface area contributed by atoms with E-state index in [4.69, 9.17) is 9.47 Å². The molecule has 29 heavy (non-hydrogen) atoms. The fourth-order valence-corrected chi connectivity index (χ4v) is 5.04. The predicted molar refractivity (Wildman–Crippen MR) is 102 cm³/mol. The monoisotopic (exact) mass is 399 g/mol. The van der Waals surface area contributed by atoms with Crippen molar-refractivity contribution < 1.29 is 28.6 Å². The van der Waals surface area contributed by atoms with Crippen molar-refractivity contribution in [3.05, 3.63) is 35.4 Å². The van der Waals surface area contributed by atoms with Crippen molar-refractivity contribution >= 4 is 29.3 Å². The lowest BCUT2D eigenvalue weighted by molar-refractivity contribution is -0.138. The molecule has 0 saturated heterocycles. The summed E-state index contributed by atoms with van der Waals surface area (Å²) in [4.78, 5) is 41.2. The standard InChI is InChI=1S/C20H21N3O6/c1-27-14(24)9-21-17(19(26)29-3)20-13-8-12(10-6-4-5-7-11(10)13)15(20)16(22-23-20)18(25)28-2/h4-7,12-13,15,23H,8-9H2,1-3H3/t12-,13+,15-,20+/m1/s1. The maximum absolute atomic E-state index is 12.8. The van der Waals surface area contributed by atoms with Crippen molar-refractivity contribution in [3.8, 4) is 0 Å². The zero-order valence-electron chi connectivity index (χ0n) is 16.3. The van der Waals surface area contributed by atoms with Crippen LogP contribution in [-0.4, -0.2) is 62.7 Å². The number of fused-ring (bicyclic) bond motifs is 8. The molecule has 1 aliphatic heterocycles. The van der Waals surface area contributed by atoms with Crippen LogP contribution < -0.4 is 5.43 Å². The van der Waals surface area contributed by atoms with Crippen LogP contribution in [0.3, 0.4) is 0 Å². The van der Waals surface area contributed by atoms with Crippen molar-refractivity contribution in [2.75, 3.05) is 27.9 Å². The molecular formula is C20H21N3O6. The van der Waals surface area contributed by atoms with Crippen LogP contribution in [0.15, 0.2) is 34.4 Å². The maximum atomic E-state index is 12.8. The van der Waals surface area contributed by atoms with Crippen LogP contribution in [0.25, 0.3) is 0 Å². The Bertz CT molecular complexity index is 955. The van der Waals surface area contributed by atoms with Gasteiger partial charge in [-0.15, -0.1) is 0 Å². The summed E-state index contributed by atoms with van der Waals surface area (Å²) in [6.45, 7) is -0.344. The Hall–Kier alpha value is -3.23. The fourth-order valence-electron chi connectivity index (χ4n) is 5.04. The number of esters is 3. The summed E-state index contributed by atoms with van der Waals surface area (Å²) in [5, 5.41) is 4.26. The minimum Gasteiger partial charge on any atom is -0.468 e. The fraction of sp³-hybridized carbons (Fsp3) is 0.450. The van der Waals surface area contributed by atoms with Gasteiger partial charge in [-0.1, -0.05) is 24.3 Å². The molecule has 2 bridgehead atoms. The number of methoxy groups -OCH3 is 3. The van der Waals surface area contributed by atoms with E-state index in [1.165, 1.54) is 21.3 Å². The van der Waals surface area contributed by atoms with E-state index in [0.717, 1.165) is 11.1 Å². The first-order valence-corrected chi connectivity index (χ1v) is 9.21. The molecule has 1 N–H and O–H groups in total. The average molecular weight is 399 g/mol. The summed E-state index contributed by atoms with van der Waals surface area (Å²) >= 11 is 0. The van der Waals surface area contributed by atoms with Gasteiger partial charge in [-0.2, -0.15) is 5.10 Å².